The molecule has 2 aromatic rings. The van der Waals surface area contributed by atoms with E-state index < -0.39 is 11.6 Å². The van der Waals surface area contributed by atoms with Crippen LogP contribution in [0.5, 0.6) is 23.0 Å². The number of ketones is 2. The SMILES string of the molecule is O=C(C(=O)c1cc(O)cc(OCCOCCOCCOCCOCCOCCO)c1)c1cc(O)cc(O)c1. The summed E-state index contributed by atoms with van der Waals surface area (Å²) in [6.45, 7) is 3.90. The number of hydrogen-bond acceptors (Lipinski definition) is 12. The van der Waals surface area contributed by atoms with E-state index in [1.807, 2.05) is 0 Å². The predicted molar refractivity (Wildman–Crippen MR) is 133 cm³/mol. The van der Waals surface area contributed by atoms with Crippen LogP contribution in [0.1, 0.15) is 20.7 Å². The molecule has 0 bridgehead atoms. The average molecular weight is 539 g/mol. The van der Waals surface area contributed by atoms with Crippen LogP contribution >= 0.6 is 0 Å². The third kappa shape index (κ3) is 12.3. The topological polar surface area (TPSA) is 170 Å². The van der Waals surface area contributed by atoms with E-state index in [-0.39, 0.29) is 53.9 Å². The van der Waals surface area contributed by atoms with Gasteiger partial charge in [0.2, 0.25) is 11.6 Å². The molecule has 0 saturated carbocycles. The molecule has 4 N–H and O–H groups in total. The van der Waals surface area contributed by atoms with Crippen LogP contribution in [0.3, 0.4) is 0 Å². The van der Waals surface area contributed by atoms with Gasteiger partial charge in [0.25, 0.3) is 0 Å². The smallest absolute Gasteiger partial charge is 0.233 e. The van der Waals surface area contributed by atoms with Gasteiger partial charge in [-0.1, -0.05) is 0 Å². The second-order valence-electron chi connectivity index (χ2n) is 7.75. The number of phenolic OH excluding ortho intramolecular Hbond substituents is 3. The van der Waals surface area contributed by atoms with Gasteiger partial charge in [-0.2, -0.15) is 0 Å². The predicted octanol–water partition coefficient (Wildman–Crippen LogP) is 1.32. The van der Waals surface area contributed by atoms with Crippen LogP contribution in [0, 0.1) is 0 Å². The minimum atomic E-state index is -0.963. The highest BCUT2D eigenvalue weighted by molar-refractivity contribution is 6.49. The summed E-state index contributed by atoms with van der Waals surface area (Å²) >= 11 is 0. The maximum atomic E-state index is 12.6. The molecule has 38 heavy (non-hydrogen) atoms. The summed E-state index contributed by atoms with van der Waals surface area (Å²) in [5.74, 6) is -2.73. The normalized spacial score (nSPS) is 11.0. The van der Waals surface area contributed by atoms with Gasteiger partial charge in [-0.15, -0.1) is 0 Å². The molecule has 0 aliphatic heterocycles. The third-order valence-electron chi connectivity index (χ3n) is 4.74. The first kappa shape index (κ1) is 31.0. The van der Waals surface area contributed by atoms with E-state index in [0.29, 0.717) is 59.5 Å². The molecule has 12 heteroatoms. The molecule has 0 aromatic heterocycles. The zero-order valence-corrected chi connectivity index (χ0v) is 21.0. The fraction of sp³-hybridized carbons (Fsp3) is 0.462. The Balaban J connectivity index is 1.57. The summed E-state index contributed by atoms with van der Waals surface area (Å²) < 4.78 is 32.0. The van der Waals surface area contributed by atoms with Crippen LogP contribution < -0.4 is 4.74 Å². The Morgan fingerprint density at radius 3 is 1.32 bits per heavy atom. The summed E-state index contributed by atoms with van der Waals surface area (Å²) in [4.78, 5) is 25.0. The summed E-state index contributed by atoms with van der Waals surface area (Å²) in [6, 6.07) is 6.87. The van der Waals surface area contributed by atoms with Crippen molar-refractivity contribution in [2.24, 2.45) is 0 Å². The summed E-state index contributed by atoms with van der Waals surface area (Å²) in [6.07, 6.45) is 0. The number of rotatable bonds is 21. The highest BCUT2D eigenvalue weighted by Gasteiger charge is 2.21. The number of aliphatic hydroxyl groups excluding tert-OH is 1. The van der Waals surface area contributed by atoms with E-state index in [9.17, 15) is 24.9 Å². The van der Waals surface area contributed by atoms with Gasteiger partial charge in [0.1, 0.15) is 29.6 Å². The Kier molecular flexibility index (Phi) is 14.7. The number of benzene rings is 2. The molecule has 0 spiro atoms. The Morgan fingerprint density at radius 1 is 0.500 bits per heavy atom. The van der Waals surface area contributed by atoms with Gasteiger partial charge in [-0.3, -0.25) is 9.59 Å². The van der Waals surface area contributed by atoms with E-state index in [0.717, 1.165) is 24.3 Å². The first-order valence-corrected chi connectivity index (χ1v) is 12.0. The quantitative estimate of drug-likeness (QED) is 0.102. The van der Waals surface area contributed by atoms with Crippen LogP contribution in [-0.2, 0) is 23.7 Å². The lowest BCUT2D eigenvalue weighted by atomic mass is 10.0. The first-order chi connectivity index (χ1) is 18.4. The Labute approximate surface area is 220 Å². The first-order valence-electron chi connectivity index (χ1n) is 12.0. The monoisotopic (exact) mass is 538 g/mol. The van der Waals surface area contributed by atoms with Crippen LogP contribution in [0.25, 0.3) is 0 Å². The molecule has 0 fully saturated rings. The van der Waals surface area contributed by atoms with Gasteiger partial charge in [-0.25, -0.2) is 0 Å². The molecule has 0 aliphatic carbocycles. The molecule has 12 nitrogen and oxygen atoms in total. The number of carbonyl (C=O) groups excluding carboxylic acids is 2. The van der Waals surface area contributed by atoms with E-state index in [4.69, 9.17) is 33.5 Å². The second kappa shape index (κ2) is 18.1. The van der Waals surface area contributed by atoms with Crippen molar-refractivity contribution in [1.82, 2.24) is 0 Å². The number of phenols is 3. The Bertz CT molecular complexity index is 974. The molecule has 2 aromatic carbocycles. The molecule has 0 unspecified atom stereocenters. The maximum absolute atomic E-state index is 12.6. The number of aromatic hydroxyl groups is 3. The summed E-state index contributed by atoms with van der Waals surface area (Å²) in [7, 11) is 0. The van der Waals surface area contributed by atoms with Crippen molar-refractivity contribution in [3.63, 3.8) is 0 Å². The molecular formula is C26H34O12. The standard InChI is InChI=1S/C26H34O12/c27-1-2-33-3-4-34-5-6-35-7-8-36-9-10-37-11-12-38-24-16-20(15-23(30)18-24)26(32)25(31)19-13-21(28)17-22(29)14-19/h13-18,27-30H,1-12H2. The Hall–Kier alpha value is -3.26. The molecule has 0 aliphatic rings. The largest absolute Gasteiger partial charge is 0.508 e. The van der Waals surface area contributed by atoms with Crippen molar-refractivity contribution in [1.29, 1.82) is 0 Å². The zero-order chi connectivity index (χ0) is 27.6. The minimum absolute atomic E-state index is 0.00649. The maximum Gasteiger partial charge on any atom is 0.233 e. The fourth-order valence-electron chi connectivity index (χ4n) is 3.05. The number of hydrogen-bond donors (Lipinski definition) is 4. The number of ether oxygens (including phenoxy) is 6. The highest BCUT2D eigenvalue weighted by Crippen LogP contribution is 2.25. The lowest BCUT2D eigenvalue weighted by Gasteiger charge is -2.10. The van der Waals surface area contributed by atoms with Gasteiger partial charge in [-0.05, 0) is 24.3 Å². The van der Waals surface area contributed by atoms with Crippen LogP contribution in [-0.4, -0.2) is 111 Å². The fourth-order valence-corrected chi connectivity index (χ4v) is 3.05. The number of aliphatic hydroxyl groups is 1. The molecule has 2 rings (SSSR count). The van der Waals surface area contributed by atoms with Crippen molar-refractivity contribution < 1.29 is 58.4 Å². The minimum Gasteiger partial charge on any atom is -0.508 e. The number of carbonyl (C=O) groups is 2. The van der Waals surface area contributed by atoms with E-state index in [1.54, 1.807) is 0 Å². The average Bonchev–Trinajstić information content (AvgIpc) is 2.88. The Morgan fingerprint density at radius 2 is 0.868 bits per heavy atom. The van der Waals surface area contributed by atoms with Crippen molar-refractivity contribution in [2.75, 3.05) is 79.3 Å². The highest BCUT2D eigenvalue weighted by atomic mass is 16.6. The van der Waals surface area contributed by atoms with Gasteiger partial charge >= 0.3 is 0 Å². The van der Waals surface area contributed by atoms with Gasteiger partial charge in [0, 0.05) is 23.3 Å². The lowest BCUT2D eigenvalue weighted by molar-refractivity contribution is -0.0146. The zero-order valence-electron chi connectivity index (χ0n) is 21.0. The van der Waals surface area contributed by atoms with Gasteiger partial charge in [0.05, 0.1) is 72.7 Å². The van der Waals surface area contributed by atoms with Crippen LogP contribution in [0.2, 0.25) is 0 Å². The van der Waals surface area contributed by atoms with Gasteiger partial charge < -0.3 is 48.8 Å². The van der Waals surface area contributed by atoms with Crippen molar-refractivity contribution >= 4 is 11.6 Å². The molecule has 0 radical (unpaired) electrons. The van der Waals surface area contributed by atoms with Crippen molar-refractivity contribution in [3.05, 3.63) is 47.5 Å². The molecule has 0 amide bonds. The molecule has 0 saturated heterocycles. The molecule has 210 valence electrons. The number of Topliss-reactive ketones (excluding diaryl/α,β-unsaturated/α-hetero) is 2. The second-order valence-corrected chi connectivity index (χ2v) is 7.75. The van der Waals surface area contributed by atoms with Crippen molar-refractivity contribution in [2.45, 2.75) is 0 Å². The summed E-state index contributed by atoms with van der Waals surface area (Å²) in [5.41, 5.74) is -0.297. The van der Waals surface area contributed by atoms with E-state index >= 15 is 0 Å². The van der Waals surface area contributed by atoms with Gasteiger partial charge in [0.15, 0.2) is 0 Å². The van der Waals surface area contributed by atoms with Crippen molar-refractivity contribution in [3.8, 4) is 23.0 Å². The molecular weight excluding hydrogens is 504 g/mol. The van der Waals surface area contributed by atoms with Crippen LogP contribution in [0.4, 0.5) is 0 Å². The lowest BCUT2D eigenvalue weighted by Crippen LogP contribution is -2.15. The van der Waals surface area contributed by atoms with E-state index in [2.05, 4.69) is 0 Å². The van der Waals surface area contributed by atoms with E-state index in [1.165, 1.54) is 12.1 Å². The molecule has 0 atom stereocenters. The summed E-state index contributed by atoms with van der Waals surface area (Å²) in [5, 5.41) is 37.6. The molecule has 0 heterocycles. The third-order valence-corrected chi connectivity index (χ3v) is 4.74. The van der Waals surface area contributed by atoms with Crippen LogP contribution in [0.15, 0.2) is 36.4 Å².